The van der Waals surface area contributed by atoms with Crippen molar-refractivity contribution in [3.05, 3.63) is 78.4 Å². The Bertz CT molecular complexity index is 953. The minimum atomic E-state index is 0. The molecule has 0 amide bonds. The first-order chi connectivity index (χ1) is 15.3. The van der Waals surface area contributed by atoms with Gasteiger partial charge in [-0.2, -0.15) is 0 Å². The average molecular weight is 545 g/mol. The van der Waals surface area contributed by atoms with Gasteiger partial charge in [0, 0.05) is 18.8 Å². The summed E-state index contributed by atoms with van der Waals surface area (Å²) >= 11 is 0. The van der Waals surface area contributed by atoms with Crippen LogP contribution in [0.3, 0.4) is 0 Å². The highest BCUT2D eigenvalue weighted by Crippen LogP contribution is 2.24. The van der Waals surface area contributed by atoms with Crippen molar-refractivity contribution in [2.45, 2.75) is 32.4 Å². The first-order valence-corrected chi connectivity index (χ1v) is 11.1. The molecule has 1 saturated heterocycles. The zero-order valence-electron chi connectivity index (χ0n) is 18.5. The predicted octanol–water partition coefficient (Wildman–Crippen LogP) is 3.78. The molecule has 0 saturated carbocycles. The van der Waals surface area contributed by atoms with Gasteiger partial charge in [-0.05, 0) is 50.6 Å². The Morgan fingerprint density at radius 1 is 1.00 bits per heavy atom. The van der Waals surface area contributed by atoms with Gasteiger partial charge in [0.1, 0.15) is 12.9 Å². The van der Waals surface area contributed by atoms with E-state index >= 15 is 0 Å². The van der Waals surface area contributed by atoms with Crippen LogP contribution in [-0.2, 0) is 6.54 Å². The van der Waals surface area contributed by atoms with Crippen molar-refractivity contribution in [3.8, 4) is 5.69 Å². The summed E-state index contributed by atoms with van der Waals surface area (Å²) in [5.74, 6) is 1.60. The number of hydrogen-bond acceptors (Lipinski definition) is 4. The van der Waals surface area contributed by atoms with Crippen LogP contribution in [0.15, 0.2) is 72.0 Å². The number of aliphatic imine (C=N–C) groups is 1. The number of halogens is 1. The zero-order chi connectivity index (χ0) is 21.3. The van der Waals surface area contributed by atoms with Gasteiger partial charge in [-0.15, -0.1) is 34.2 Å². The molecule has 0 bridgehead atoms. The predicted molar refractivity (Wildman–Crippen MR) is 140 cm³/mol. The molecule has 2 heterocycles. The third-order valence-corrected chi connectivity index (χ3v) is 5.60. The molecular formula is C24H32IN7. The molecule has 1 aromatic heterocycles. The van der Waals surface area contributed by atoms with E-state index in [-0.39, 0.29) is 24.0 Å². The maximum absolute atomic E-state index is 4.79. The number of hydrogen-bond donors (Lipinski definition) is 2. The number of aromatic nitrogens is 3. The van der Waals surface area contributed by atoms with Gasteiger partial charge in [0.15, 0.2) is 11.8 Å². The molecule has 0 aliphatic carbocycles. The first-order valence-electron chi connectivity index (χ1n) is 11.1. The lowest BCUT2D eigenvalue weighted by Gasteiger charge is -2.29. The van der Waals surface area contributed by atoms with Crippen LogP contribution in [0.5, 0.6) is 0 Å². The Labute approximate surface area is 207 Å². The van der Waals surface area contributed by atoms with E-state index in [1.165, 1.54) is 18.4 Å². The molecule has 1 atom stereocenters. The number of guanidine groups is 1. The Kier molecular flexibility index (Phi) is 9.48. The van der Waals surface area contributed by atoms with Crippen molar-refractivity contribution in [1.82, 2.24) is 30.3 Å². The maximum atomic E-state index is 4.79. The Hall–Kier alpha value is -2.46. The van der Waals surface area contributed by atoms with Gasteiger partial charge in [-0.25, -0.2) is 4.99 Å². The van der Waals surface area contributed by atoms with E-state index in [2.05, 4.69) is 63.0 Å². The SMILES string of the molecule is CCNC(=NCc1nncn1-c1ccccc1)NCC(c1ccccc1)N1CCCC1.I. The van der Waals surface area contributed by atoms with Crippen LogP contribution in [0.4, 0.5) is 0 Å². The lowest BCUT2D eigenvalue weighted by Crippen LogP contribution is -2.42. The summed E-state index contributed by atoms with van der Waals surface area (Å²) < 4.78 is 1.98. The number of likely N-dealkylation sites (tertiary alicyclic amines) is 1. The van der Waals surface area contributed by atoms with Crippen LogP contribution in [0.2, 0.25) is 0 Å². The second-order valence-electron chi connectivity index (χ2n) is 7.70. The molecule has 0 radical (unpaired) electrons. The smallest absolute Gasteiger partial charge is 0.191 e. The number of nitrogens with zero attached hydrogens (tertiary/aromatic N) is 5. The molecule has 3 aromatic rings. The molecular weight excluding hydrogens is 513 g/mol. The molecule has 0 spiro atoms. The van der Waals surface area contributed by atoms with E-state index in [0.717, 1.165) is 43.7 Å². The molecule has 1 aliphatic heterocycles. The Morgan fingerprint density at radius 2 is 1.69 bits per heavy atom. The summed E-state index contributed by atoms with van der Waals surface area (Å²) in [6, 6.07) is 21.2. The van der Waals surface area contributed by atoms with Gasteiger partial charge in [-0.1, -0.05) is 48.5 Å². The minimum Gasteiger partial charge on any atom is -0.357 e. The topological polar surface area (TPSA) is 70.4 Å². The zero-order valence-corrected chi connectivity index (χ0v) is 20.9. The van der Waals surface area contributed by atoms with Gasteiger partial charge in [-0.3, -0.25) is 9.47 Å². The Balaban J connectivity index is 0.00000289. The van der Waals surface area contributed by atoms with E-state index in [1.54, 1.807) is 6.33 Å². The van der Waals surface area contributed by atoms with E-state index < -0.39 is 0 Å². The fraction of sp³-hybridized carbons (Fsp3) is 0.375. The Morgan fingerprint density at radius 3 is 2.38 bits per heavy atom. The van der Waals surface area contributed by atoms with Gasteiger partial charge in [0.2, 0.25) is 0 Å². The lowest BCUT2D eigenvalue weighted by atomic mass is 10.1. The highest BCUT2D eigenvalue weighted by Gasteiger charge is 2.23. The molecule has 170 valence electrons. The molecule has 32 heavy (non-hydrogen) atoms. The van der Waals surface area contributed by atoms with E-state index in [1.807, 2.05) is 34.9 Å². The number of benzene rings is 2. The normalized spacial score (nSPS) is 15.2. The molecule has 2 aromatic carbocycles. The summed E-state index contributed by atoms with van der Waals surface area (Å²) in [7, 11) is 0. The summed E-state index contributed by atoms with van der Waals surface area (Å²) in [6.07, 6.45) is 4.28. The lowest BCUT2D eigenvalue weighted by molar-refractivity contribution is 0.245. The molecule has 1 unspecified atom stereocenters. The van der Waals surface area contributed by atoms with Crippen LogP contribution >= 0.6 is 24.0 Å². The monoisotopic (exact) mass is 545 g/mol. The maximum Gasteiger partial charge on any atom is 0.191 e. The fourth-order valence-corrected chi connectivity index (χ4v) is 4.04. The van der Waals surface area contributed by atoms with Crippen LogP contribution in [0.25, 0.3) is 5.69 Å². The quantitative estimate of drug-likeness (QED) is 0.256. The highest BCUT2D eigenvalue weighted by atomic mass is 127. The summed E-state index contributed by atoms with van der Waals surface area (Å²) in [5.41, 5.74) is 2.38. The van der Waals surface area contributed by atoms with Crippen LogP contribution in [0.1, 0.15) is 37.2 Å². The second kappa shape index (κ2) is 12.5. The van der Waals surface area contributed by atoms with Crippen LogP contribution in [0, 0.1) is 0 Å². The average Bonchev–Trinajstić information content (AvgIpc) is 3.51. The summed E-state index contributed by atoms with van der Waals surface area (Å²) in [4.78, 5) is 7.35. The van der Waals surface area contributed by atoms with Gasteiger partial charge < -0.3 is 10.6 Å². The van der Waals surface area contributed by atoms with E-state index in [0.29, 0.717) is 12.6 Å². The molecule has 1 aliphatic rings. The van der Waals surface area contributed by atoms with Crippen molar-refractivity contribution in [3.63, 3.8) is 0 Å². The number of rotatable bonds is 8. The molecule has 7 nitrogen and oxygen atoms in total. The highest BCUT2D eigenvalue weighted by molar-refractivity contribution is 14.0. The van der Waals surface area contributed by atoms with E-state index in [9.17, 15) is 0 Å². The van der Waals surface area contributed by atoms with Crippen molar-refractivity contribution in [2.75, 3.05) is 26.2 Å². The van der Waals surface area contributed by atoms with Gasteiger partial charge >= 0.3 is 0 Å². The standard InChI is InChI=1S/C24H31N7.HI/c1-2-25-24(27-18-23-29-28-19-31(23)21-13-7-4-8-14-21)26-17-22(30-15-9-10-16-30)20-11-5-3-6-12-20;/h3-8,11-14,19,22H,2,9-10,15-18H2,1H3,(H2,25,26,27);1H. The summed E-state index contributed by atoms with van der Waals surface area (Å²) in [5, 5.41) is 15.3. The molecule has 8 heteroatoms. The van der Waals surface area contributed by atoms with Crippen molar-refractivity contribution in [1.29, 1.82) is 0 Å². The van der Waals surface area contributed by atoms with Crippen LogP contribution in [-0.4, -0.2) is 51.8 Å². The largest absolute Gasteiger partial charge is 0.357 e. The minimum absolute atomic E-state index is 0. The van der Waals surface area contributed by atoms with Gasteiger partial charge in [0.25, 0.3) is 0 Å². The van der Waals surface area contributed by atoms with E-state index in [4.69, 9.17) is 4.99 Å². The second-order valence-corrected chi connectivity index (χ2v) is 7.70. The third-order valence-electron chi connectivity index (χ3n) is 5.60. The molecule has 1 fully saturated rings. The molecule has 2 N–H and O–H groups in total. The van der Waals surface area contributed by atoms with Gasteiger partial charge in [0.05, 0.1) is 6.04 Å². The van der Waals surface area contributed by atoms with Crippen molar-refractivity contribution in [2.24, 2.45) is 4.99 Å². The fourth-order valence-electron chi connectivity index (χ4n) is 4.04. The van der Waals surface area contributed by atoms with Crippen LogP contribution < -0.4 is 10.6 Å². The number of para-hydroxylation sites is 1. The third kappa shape index (κ3) is 6.29. The van der Waals surface area contributed by atoms with Crippen molar-refractivity contribution >= 4 is 29.9 Å². The number of nitrogens with one attached hydrogen (secondary N) is 2. The molecule has 4 rings (SSSR count). The summed E-state index contributed by atoms with van der Waals surface area (Å²) in [6.45, 7) is 6.44. The van der Waals surface area contributed by atoms with Crippen molar-refractivity contribution < 1.29 is 0 Å². The first kappa shape index (κ1) is 24.2.